The summed E-state index contributed by atoms with van der Waals surface area (Å²) in [6.07, 6.45) is 1.58. The summed E-state index contributed by atoms with van der Waals surface area (Å²) >= 11 is 5.88. The highest BCUT2D eigenvalue weighted by atomic mass is 35.5. The lowest BCUT2D eigenvalue weighted by molar-refractivity contribution is -0.135. The van der Waals surface area contributed by atoms with Gasteiger partial charge in [-0.15, -0.1) is 0 Å². The lowest BCUT2D eigenvalue weighted by atomic mass is 10.2. The van der Waals surface area contributed by atoms with Crippen LogP contribution in [-0.4, -0.2) is 87.1 Å². The molecule has 2 fully saturated rings. The quantitative estimate of drug-likeness (QED) is 0.304. The van der Waals surface area contributed by atoms with E-state index in [1.165, 1.54) is 9.58 Å². The molecule has 2 aromatic heterocycles. The maximum Gasteiger partial charge on any atom is 0.321 e. The highest BCUT2D eigenvalue weighted by Gasteiger charge is 2.34. The highest BCUT2D eigenvalue weighted by molar-refractivity contribution is 6.29. The molecule has 3 aromatic rings. The molecule has 0 spiro atoms. The molecule has 5 rings (SSSR count). The van der Waals surface area contributed by atoms with Gasteiger partial charge in [-0.25, -0.2) is 9.78 Å². The lowest BCUT2D eigenvalue weighted by Gasteiger charge is -2.27. The summed E-state index contributed by atoms with van der Waals surface area (Å²) in [5.41, 5.74) is 6.54. The minimum Gasteiger partial charge on any atom is -0.364 e. The van der Waals surface area contributed by atoms with Gasteiger partial charge in [-0.3, -0.25) is 19.1 Å². The minimum atomic E-state index is -0.760. The molecule has 39 heavy (non-hydrogen) atoms. The van der Waals surface area contributed by atoms with E-state index in [2.05, 4.69) is 26.0 Å². The third-order valence-corrected chi connectivity index (χ3v) is 6.74. The molecule has 1 saturated heterocycles. The third-order valence-electron chi connectivity index (χ3n) is 6.53. The standard InChI is InChI=1S/C25H28ClN9O4/c26-19-2-1-3-20(30-19)31-21(36)13-34(16-5-6-16)22(37)14-35-18-7-4-15(12-17(18)23(32-35)24(27)38)29-25(39)33-10-8-28-9-11-33/h1-4,7,12,16,28H,5-6,8-11,13-14H2,(H2,27,38)(H,29,39)(H,30,31,36). The summed E-state index contributed by atoms with van der Waals surface area (Å²) in [5.74, 6) is -1.20. The molecule has 0 unspecified atom stereocenters. The largest absolute Gasteiger partial charge is 0.364 e. The Morgan fingerprint density at radius 3 is 2.56 bits per heavy atom. The molecule has 3 heterocycles. The number of nitrogens with two attached hydrogens (primary N) is 1. The van der Waals surface area contributed by atoms with Crippen molar-refractivity contribution in [3.63, 3.8) is 0 Å². The first-order valence-corrected chi connectivity index (χ1v) is 12.9. The van der Waals surface area contributed by atoms with Crippen LogP contribution in [0, 0.1) is 0 Å². The number of rotatable bonds is 8. The lowest BCUT2D eigenvalue weighted by Crippen LogP contribution is -2.48. The van der Waals surface area contributed by atoms with E-state index >= 15 is 0 Å². The van der Waals surface area contributed by atoms with Crippen molar-refractivity contribution in [3.05, 3.63) is 47.2 Å². The SMILES string of the molecule is NC(=O)c1nn(CC(=O)N(CC(=O)Nc2cccc(Cl)n2)C2CC2)c2ccc(NC(=O)N3CCNCC3)cc12. The fraction of sp³-hybridized carbons (Fsp3) is 0.360. The number of pyridine rings is 1. The third kappa shape index (κ3) is 6.26. The molecule has 5 amide bonds. The summed E-state index contributed by atoms with van der Waals surface area (Å²) in [6, 6.07) is 9.53. The van der Waals surface area contributed by atoms with Crippen LogP contribution in [0.5, 0.6) is 0 Å². The number of aromatic nitrogens is 3. The molecule has 13 nitrogen and oxygen atoms in total. The monoisotopic (exact) mass is 553 g/mol. The van der Waals surface area contributed by atoms with Crippen molar-refractivity contribution >= 4 is 57.8 Å². The Morgan fingerprint density at radius 2 is 1.87 bits per heavy atom. The normalized spacial score (nSPS) is 15.2. The Morgan fingerprint density at radius 1 is 1.10 bits per heavy atom. The zero-order valence-corrected chi connectivity index (χ0v) is 21.8. The van der Waals surface area contributed by atoms with Gasteiger partial charge < -0.3 is 31.5 Å². The number of halogens is 1. The highest BCUT2D eigenvalue weighted by Crippen LogP contribution is 2.28. The topological polar surface area (TPSA) is 168 Å². The van der Waals surface area contributed by atoms with E-state index in [1.807, 2.05) is 0 Å². The number of fused-ring (bicyclic) bond motifs is 1. The fourth-order valence-electron chi connectivity index (χ4n) is 4.47. The summed E-state index contributed by atoms with van der Waals surface area (Å²) in [4.78, 5) is 58.0. The van der Waals surface area contributed by atoms with Crippen LogP contribution < -0.4 is 21.7 Å². The average molecular weight is 554 g/mol. The summed E-state index contributed by atoms with van der Waals surface area (Å²) in [7, 11) is 0. The van der Waals surface area contributed by atoms with E-state index in [1.54, 1.807) is 41.3 Å². The molecule has 14 heteroatoms. The van der Waals surface area contributed by atoms with Crippen LogP contribution >= 0.6 is 11.6 Å². The number of nitrogens with zero attached hydrogens (tertiary/aromatic N) is 5. The minimum absolute atomic E-state index is 0.0150. The Hall–Kier alpha value is -4.23. The van der Waals surface area contributed by atoms with Gasteiger partial charge >= 0.3 is 6.03 Å². The number of primary amides is 1. The number of benzene rings is 1. The second kappa shape index (κ2) is 11.3. The van der Waals surface area contributed by atoms with E-state index in [9.17, 15) is 19.2 Å². The van der Waals surface area contributed by atoms with E-state index in [4.69, 9.17) is 17.3 Å². The maximum absolute atomic E-state index is 13.3. The van der Waals surface area contributed by atoms with Gasteiger partial charge in [0.1, 0.15) is 24.1 Å². The summed E-state index contributed by atoms with van der Waals surface area (Å²) in [5, 5.41) is 13.6. The van der Waals surface area contributed by atoms with E-state index in [0.717, 1.165) is 25.9 Å². The van der Waals surface area contributed by atoms with Gasteiger partial charge in [0.2, 0.25) is 11.8 Å². The second-order valence-electron chi connectivity index (χ2n) is 9.42. The van der Waals surface area contributed by atoms with Gasteiger partial charge in [0.15, 0.2) is 5.69 Å². The van der Waals surface area contributed by atoms with Crippen molar-refractivity contribution in [2.24, 2.45) is 5.73 Å². The molecule has 0 bridgehead atoms. The van der Waals surface area contributed by atoms with E-state index in [0.29, 0.717) is 35.5 Å². The maximum atomic E-state index is 13.3. The number of carbonyl (C=O) groups is 4. The first-order valence-electron chi connectivity index (χ1n) is 12.6. The van der Waals surface area contributed by atoms with Crippen LogP contribution in [0.25, 0.3) is 10.9 Å². The van der Waals surface area contributed by atoms with Gasteiger partial charge in [-0.05, 0) is 43.2 Å². The van der Waals surface area contributed by atoms with Crippen LogP contribution in [0.3, 0.4) is 0 Å². The van der Waals surface area contributed by atoms with Gasteiger partial charge in [0.25, 0.3) is 5.91 Å². The predicted molar refractivity (Wildman–Crippen MR) is 144 cm³/mol. The smallest absolute Gasteiger partial charge is 0.321 e. The number of amides is 5. The first kappa shape index (κ1) is 26.4. The number of piperazine rings is 1. The Bertz CT molecular complexity index is 1430. The number of hydrogen-bond donors (Lipinski definition) is 4. The van der Waals surface area contributed by atoms with Crippen LogP contribution in [0.4, 0.5) is 16.3 Å². The molecule has 2 aliphatic rings. The molecular weight excluding hydrogens is 526 g/mol. The van der Waals surface area contributed by atoms with Gasteiger partial charge in [-0.1, -0.05) is 17.7 Å². The van der Waals surface area contributed by atoms with E-state index in [-0.39, 0.29) is 41.9 Å². The molecule has 0 atom stereocenters. The van der Waals surface area contributed by atoms with Crippen LogP contribution in [-0.2, 0) is 16.1 Å². The van der Waals surface area contributed by atoms with Gasteiger partial charge in [0, 0.05) is 43.3 Å². The average Bonchev–Trinajstić information content (AvgIpc) is 3.69. The predicted octanol–water partition coefficient (Wildman–Crippen LogP) is 1.25. The number of urea groups is 1. The van der Waals surface area contributed by atoms with Crippen molar-refractivity contribution < 1.29 is 19.2 Å². The number of anilines is 2. The Labute approximate surface area is 228 Å². The van der Waals surface area contributed by atoms with Gasteiger partial charge in [0.05, 0.1) is 5.52 Å². The molecule has 1 aliphatic carbocycles. The zero-order chi connectivity index (χ0) is 27.5. The number of carbonyl (C=O) groups excluding carboxylic acids is 4. The van der Waals surface area contributed by atoms with Crippen molar-refractivity contribution in [1.29, 1.82) is 0 Å². The van der Waals surface area contributed by atoms with Crippen LogP contribution in [0.1, 0.15) is 23.3 Å². The fourth-order valence-corrected chi connectivity index (χ4v) is 4.63. The zero-order valence-electron chi connectivity index (χ0n) is 21.0. The van der Waals surface area contributed by atoms with E-state index < -0.39 is 11.8 Å². The molecule has 204 valence electrons. The number of hydrogen-bond acceptors (Lipinski definition) is 7. The Kier molecular flexibility index (Phi) is 7.61. The van der Waals surface area contributed by atoms with Crippen molar-refractivity contribution in [3.8, 4) is 0 Å². The molecule has 5 N–H and O–H groups in total. The van der Waals surface area contributed by atoms with Crippen molar-refractivity contribution in [2.45, 2.75) is 25.4 Å². The molecule has 0 radical (unpaired) electrons. The molecular formula is C25H28ClN9O4. The van der Waals surface area contributed by atoms with Crippen molar-refractivity contribution in [1.82, 2.24) is 29.9 Å². The summed E-state index contributed by atoms with van der Waals surface area (Å²) < 4.78 is 1.39. The van der Waals surface area contributed by atoms with Gasteiger partial charge in [-0.2, -0.15) is 5.10 Å². The second-order valence-corrected chi connectivity index (χ2v) is 9.80. The number of nitrogens with one attached hydrogen (secondary N) is 3. The van der Waals surface area contributed by atoms with Crippen LogP contribution in [0.15, 0.2) is 36.4 Å². The van der Waals surface area contributed by atoms with Crippen molar-refractivity contribution in [2.75, 3.05) is 43.4 Å². The molecule has 1 aliphatic heterocycles. The first-order chi connectivity index (χ1) is 18.8. The molecule has 1 saturated carbocycles. The summed E-state index contributed by atoms with van der Waals surface area (Å²) in [6.45, 7) is 2.25. The molecule has 1 aromatic carbocycles. The Balaban J connectivity index is 1.31. The van der Waals surface area contributed by atoms with Crippen LogP contribution in [0.2, 0.25) is 5.15 Å².